The van der Waals surface area contributed by atoms with E-state index in [-0.39, 0.29) is 11.9 Å². The first-order valence-corrected chi connectivity index (χ1v) is 11.0. The SMILES string of the molecule is CC(C)Nc1nc(Nc2ccc(C(=O)N3CCOCC3)c3c2OCC3)nc2[nH]cc(C#N)c12. The lowest BCUT2D eigenvalue weighted by Crippen LogP contribution is -2.41. The molecule has 5 rings (SSSR count). The van der Waals surface area contributed by atoms with Crippen LogP contribution in [0.3, 0.4) is 0 Å². The lowest BCUT2D eigenvalue weighted by molar-refractivity contribution is 0.0302. The van der Waals surface area contributed by atoms with Gasteiger partial charge in [0, 0.05) is 42.9 Å². The monoisotopic (exact) mass is 447 g/mol. The number of nitrogens with one attached hydrogen (secondary N) is 3. The number of amides is 1. The molecule has 170 valence electrons. The van der Waals surface area contributed by atoms with E-state index < -0.39 is 0 Å². The highest BCUT2D eigenvalue weighted by atomic mass is 16.5. The molecule has 3 aromatic rings. The highest BCUT2D eigenvalue weighted by Gasteiger charge is 2.27. The van der Waals surface area contributed by atoms with Gasteiger partial charge in [0.05, 0.1) is 36.5 Å². The molecule has 1 fully saturated rings. The minimum Gasteiger partial charge on any atom is -0.491 e. The van der Waals surface area contributed by atoms with Crippen molar-refractivity contribution in [3.63, 3.8) is 0 Å². The molecule has 0 saturated carbocycles. The molecule has 2 aromatic heterocycles. The minimum absolute atomic E-state index is 0.00288. The van der Waals surface area contributed by atoms with Crippen LogP contribution in [0.5, 0.6) is 5.75 Å². The van der Waals surface area contributed by atoms with Crippen LogP contribution in [0.4, 0.5) is 17.5 Å². The zero-order chi connectivity index (χ0) is 22.9. The van der Waals surface area contributed by atoms with Crippen LogP contribution >= 0.6 is 0 Å². The van der Waals surface area contributed by atoms with Crippen LogP contribution < -0.4 is 15.4 Å². The maximum absolute atomic E-state index is 13.1. The van der Waals surface area contributed by atoms with Crippen molar-refractivity contribution in [2.45, 2.75) is 26.3 Å². The highest BCUT2D eigenvalue weighted by Crippen LogP contribution is 2.38. The van der Waals surface area contributed by atoms with Crippen LogP contribution in [-0.4, -0.2) is 64.7 Å². The third kappa shape index (κ3) is 3.91. The summed E-state index contributed by atoms with van der Waals surface area (Å²) in [6, 6.07) is 5.96. The normalized spacial score (nSPS) is 15.3. The average Bonchev–Trinajstić information content (AvgIpc) is 3.47. The summed E-state index contributed by atoms with van der Waals surface area (Å²) in [5.41, 5.74) is 3.29. The van der Waals surface area contributed by atoms with E-state index in [0.717, 1.165) is 5.56 Å². The molecule has 2 aliphatic rings. The number of nitriles is 1. The summed E-state index contributed by atoms with van der Waals surface area (Å²) in [5.74, 6) is 1.59. The van der Waals surface area contributed by atoms with Gasteiger partial charge < -0.3 is 30.0 Å². The maximum Gasteiger partial charge on any atom is 0.254 e. The average molecular weight is 447 g/mol. The Kier molecular flexibility index (Phi) is 5.48. The van der Waals surface area contributed by atoms with Gasteiger partial charge in [-0.15, -0.1) is 0 Å². The number of rotatable bonds is 5. The molecule has 0 radical (unpaired) electrons. The fourth-order valence-electron chi connectivity index (χ4n) is 4.21. The topological polar surface area (TPSA) is 128 Å². The summed E-state index contributed by atoms with van der Waals surface area (Å²) >= 11 is 0. The Morgan fingerprint density at radius 3 is 2.82 bits per heavy atom. The molecule has 1 aromatic carbocycles. The third-order valence-corrected chi connectivity index (χ3v) is 5.71. The number of hydrogen-bond donors (Lipinski definition) is 3. The minimum atomic E-state index is 0.00288. The number of aromatic amines is 1. The van der Waals surface area contributed by atoms with Crippen molar-refractivity contribution in [2.75, 3.05) is 43.5 Å². The molecule has 0 aliphatic carbocycles. The summed E-state index contributed by atoms with van der Waals surface area (Å²) in [5, 5.41) is 16.6. The molecule has 2 aliphatic heterocycles. The van der Waals surface area contributed by atoms with Crippen molar-refractivity contribution in [3.05, 3.63) is 35.0 Å². The van der Waals surface area contributed by atoms with E-state index in [9.17, 15) is 10.1 Å². The van der Waals surface area contributed by atoms with Crippen LogP contribution in [0.25, 0.3) is 11.0 Å². The van der Waals surface area contributed by atoms with Crippen LogP contribution in [0, 0.1) is 11.3 Å². The second-order valence-electron chi connectivity index (χ2n) is 8.33. The Hall–Kier alpha value is -3.84. The van der Waals surface area contributed by atoms with Gasteiger partial charge in [0.1, 0.15) is 23.3 Å². The van der Waals surface area contributed by atoms with Gasteiger partial charge in [-0.05, 0) is 26.0 Å². The van der Waals surface area contributed by atoms with Gasteiger partial charge in [0.25, 0.3) is 5.91 Å². The first-order valence-electron chi connectivity index (χ1n) is 11.0. The Bertz CT molecular complexity index is 1260. The summed E-state index contributed by atoms with van der Waals surface area (Å²) in [6.45, 7) is 6.82. The molecule has 3 N–H and O–H groups in total. The van der Waals surface area contributed by atoms with Crippen LogP contribution in [0.1, 0.15) is 35.3 Å². The standard InChI is InChI=1S/C23H25N7O3/c1-13(2)26-21-18-14(11-24)12-25-20(18)28-23(29-21)27-17-4-3-16(15-5-8-33-19(15)17)22(31)30-6-9-32-10-7-30/h3-4,12-13H,5-10H2,1-2H3,(H3,25,26,27,28,29). The third-order valence-electron chi connectivity index (χ3n) is 5.71. The lowest BCUT2D eigenvalue weighted by Gasteiger charge is -2.27. The van der Waals surface area contributed by atoms with Gasteiger partial charge in [-0.1, -0.05) is 0 Å². The number of ether oxygens (including phenoxy) is 2. The molecule has 10 heteroatoms. The molecule has 10 nitrogen and oxygen atoms in total. The molecule has 1 saturated heterocycles. The van der Waals surface area contributed by atoms with Crippen LogP contribution in [0.2, 0.25) is 0 Å². The van der Waals surface area contributed by atoms with Gasteiger partial charge in [-0.2, -0.15) is 15.2 Å². The van der Waals surface area contributed by atoms with Crippen molar-refractivity contribution < 1.29 is 14.3 Å². The molecule has 0 unspecified atom stereocenters. The fraction of sp³-hybridized carbons (Fsp3) is 0.391. The summed E-state index contributed by atoms with van der Waals surface area (Å²) in [7, 11) is 0. The van der Waals surface area contributed by atoms with E-state index in [1.54, 1.807) is 6.20 Å². The molecular weight excluding hydrogens is 422 g/mol. The predicted molar refractivity (Wildman–Crippen MR) is 123 cm³/mol. The van der Waals surface area contributed by atoms with Gasteiger partial charge in [-0.25, -0.2) is 0 Å². The second-order valence-corrected chi connectivity index (χ2v) is 8.33. The Morgan fingerprint density at radius 1 is 1.24 bits per heavy atom. The lowest BCUT2D eigenvalue weighted by atomic mass is 10.0. The number of aromatic nitrogens is 3. The highest BCUT2D eigenvalue weighted by molar-refractivity contribution is 5.98. The van der Waals surface area contributed by atoms with Gasteiger partial charge >= 0.3 is 0 Å². The number of benzene rings is 1. The molecule has 0 atom stereocenters. The van der Waals surface area contributed by atoms with Gasteiger partial charge in [0.2, 0.25) is 5.95 Å². The Labute approximate surface area is 190 Å². The zero-order valence-electron chi connectivity index (χ0n) is 18.6. The summed E-state index contributed by atoms with van der Waals surface area (Å²) in [6.07, 6.45) is 2.29. The molecule has 33 heavy (non-hydrogen) atoms. The molecule has 1 amide bonds. The quantitative estimate of drug-likeness (QED) is 0.545. The molecule has 0 spiro atoms. The van der Waals surface area contributed by atoms with E-state index in [2.05, 4.69) is 31.7 Å². The summed E-state index contributed by atoms with van der Waals surface area (Å²) < 4.78 is 11.3. The van der Waals surface area contributed by atoms with E-state index in [0.29, 0.717) is 84.7 Å². The maximum atomic E-state index is 13.1. The smallest absolute Gasteiger partial charge is 0.254 e. The molecule has 0 bridgehead atoms. The number of carbonyl (C=O) groups is 1. The number of morpholine rings is 1. The largest absolute Gasteiger partial charge is 0.491 e. The van der Waals surface area contributed by atoms with Crippen molar-refractivity contribution in [2.24, 2.45) is 0 Å². The van der Waals surface area contributed by atoms with Crippen LogP contribution in [-0.2, 0) is 11.2 Å². The number of fused-ring (bicyclic) bond motifs is 2. The van der Waals surface area contributed by atoms with E-state index in [1.165, 1.54) is 0 Å². The zero-order valence-corrected chi connectivity index (χ0v) is 18.6. The van der Waals surface area contributed by atoms with Crippen LogP contribution in [0.15, 0.2) is 18.3 Å². The molecule has 4 heterocycles. The second kappa shape index (κ2) is 8.60. The van der Waals surface area contributed by atoms with Crippen molar-refractivity contribution >= 4 is 34.4 Å². The van der Waals surface area contributed by atoms with Crippen molar-refractivity contribution in [1.82, 2.24) is 19.9 Å². The Balaban J connectivity index is 1.49. The fourth-order valence-corrected chi connectivity index (χ4v) is 4.21. The number of anilines is 3. The number of carbonyl (C=O) groups excluding carboxylic acids is 1. The predicted octanol–water partition coefficient (Wildman–Crippen LogP) is 2.80. The van der Waals surface area contributed by atoms with Crippen molar-refractivity contribution in [3.8, 4) is 11.8 Å². The number of hydrogen-bond acceptors (Lipinski definition) is 8. The van der Waals surface area contributed by atoms with E-state index >= 15 is 0 Å². The summed E-state index contributed by atoms with van der Waals surface area (Å²) in [4.78, 5) is 27.1. The first-order chi connectivity index (χ1) is 16.0. The van der Waals surface area contributed by atoms with Crippen molar-refractivity contribution in [1.29, 1.82) is 5.26 Å². The van der Waals surface area contributed by atoms with E-state index in [4.69, 9.17) is 9.47 Å². The number of H-pyrrole nitrogens is 1. The molecular formula is C23H25N7O3. The number of nitrogens with zero attached hydrogens (tertiary/aromatic N) is 4. The van der Waals surface area contributed by atoms with E-state index in [1.807, 2.05) is 30.9 Å². The van der Waals surface area contributed by atoms with Gasteiger partial charge in [-0.3, -0.25) is 4.79 Å². The Morgan fingerprint density at radius 2 is 2.06 bits per heavy atom. The van der Waals surface area contributed by atoms with Gasteiger partial charge in [0.15, 0.2) is 0 Å². The first kappa shape index (κ1) is 21.0.